The Hall–Kier alpha value is -2.68. The summed E-state index contributed by atoms with van der Waals surface area (Å²) in [5, 5.41) is 25.7. The smallest absolute Gasteiger partial charge is 0.331 e. The summed E-state index contributed by atoms with van der Waals surface area (Å²) in [6.45, 7) is 1.55. The van der Waals surface area contributed by atoms with Crippen LogP contribution in [0.15, 0.2) is 30.9 Å². The fourth-order valence-corrected chi connectivity index (χ4v) is 2.97. The van der Waals surface area contributed by atoms with Crippen molar-refractivity contribution >= 4 is 17.6 Å². The van der Waals surface area contributed by atoms with Gasteiger partial charge in [0, 0.05) is 50.9 Å². The van der Waals surface area contributed by atoms with Gasteiger partial charge in [-0.3, -0.25) is 4.68 Å². The zero-order valence-electron chi connectivity index (χ0n) is 13.2. The average Bonchev–Trinajstić information content (AvgIpc) is 3.15. The zero-order chi connectivity index (χ0) is 17.0. The highest BCUT2D eigenvalue weighted by molar-refractivity contribution is 5.77. The number of rotatable bonds is 6. The molecule has 1 aliphatic heterocycles. The first-order valence-corrected chi connectivity index (χ1v) is 7.81. The van der Waals surface area contributed by atoms with E-state index in [2.05, 4.69) is 20.4 Å². The van der Waals surface area contributed by atoms with E-state index in [9.17, 15) is 9.90 Å². The molecule has 3 N–H and O–H groups in total. The zero-order valence-corrected chi connectivity index (χ0v) is 13.2. The highest BCUT2D eigenvalue weighted by Gasteiger charge is 2.44. The number of hydrogen-bond donors (Lipinski definition) is 3. The normalized spacial score (nSPS) is 16.8. The number of hydrogen-bond acceptors (Lipinski definition) is 7. The molecule has 2 aromatic rings. The number of aliphatic hydroxyl groups is 1. The van der Waals surface area contributed by atoms with Gasteiger partial charge >= 0.3 is 5.97 Å². The molecular weight excluding hydrogens is 312 g/mol. The Kier molecular flexibility index (Phi) is 4.61. The molecule has 0 atom stereocenters. The summed E-state index contributed by atoms with van der Waals surface area (Å²) in [7, 11) is 0. The second-order valence-electron chi connectivity index (χ2n) is 5.69. The molecule has 0 spiro atoms. The standard InChI is InChI=1S/C15H20N6O3/c22-9-5-16-12-10-13(18-11-17-12)20-7-2-15(3-8-20,14(23)24)21-6-1-4-19-21/h1,4,6,10-11,22H,2-3,5,7-9H2,(H,23,24)(H,16,17,18). The van der Waals surface area contributed by atoms with Crippen molar-refractivity contribution in [1.82, 2.24) is 19.7 Å². The molecule has 2 aromatic heterocycles. The number of piperidine rings is 1. The van der Waals surface area contributed by atoms with Crippen LogP contribution < -0.4 is 10.2 Å². The molecule has 9 nitrogen and oxygen atoms in total. The van der Waals surface area contributed by atoms with Crippen molar-refractivity contribution in [3.05, 3.63) is 30.9 Å². The molecule has 128 valence electrons. The van der Waals surface area contributed by atoms with E-state index < -0.39 is 11.5 Å². The fourth-order valence-electron chi connectivity index (χ4n) is 2.97. The number of nitrogens with one attached hydrogen (secondary N) is 1. The minimum absolute atomic E-state index is 0.0219. The molecule has 0 saturated carbocycles. The molecule has 3 rings (SSSR count). The highest BCUT2D eigenvalue weighted by Crippen LogP contribution is 2.32. The number of carbonyl (C=O) groups is 1. The van der Waals surface area contributed by atoms with Crippen LogP contribution in [0.3, 0.4) is 0 Å². The predicted molar refractivity (Wildman–Crippen MR) is 86.9 cm³/mol. The van der Waals surface area contributed by atoms with Crippen molar-refractivity contribution < 1.29 is 15.0 Å². The molecule has 0 unspecified atom stereocenters. The van der Waals surface area contributed by atoms with Crippen LogP contribution in [0.1, 0.15) is 12.8 Å². The third kappa shape index (κ3) is 3.02. The second kappa shape index (κ2) is 6.83. The molecular formula is C15H20N6O3. The van der Waals surface area contributed by atoms with Gasteiger partial charge in [0.1, 0.15) is 18.0 Å². The SMILES string of the molecule is O=C(O)C1(n2cccn2)CCN(c2cc(NCCO)ncn2)CC1. The van der Waals surface area contributed by atoms with Gasteiger partial charge in [-0.1, -0.05) is 0 Å². The van der Waals surface area contributed by atoms with Crippen LogP contribution in [0.5, 0.6) is 0 Å². The number of anilines is 2. The third-order valence-corrected chi connectivity index (χ3v) is 4.33. The molecule has 0 aliphatic carbocycles. The van der Waals surface area contributed by atoms with Gasteiger partial charge in [0.2, 0.25) is 0 Å². The van der Waals surface area contributed by atoms with Crippen molar-refractivity contribution in [2.75, 3.05) is 36.5 Å². The fraction of sp³-hybridized carbons (Fsp3) is 0.467. The maximum atomic E-state index is 11.9. The lowest BCUT2D eigenvalue weighted by molar-refractivity contribution is -0.149. The van der Waals surface area contributed by atoms with E-state index in [0.717, 1.165) is 5.82 Å². The van der Waals surface area contributed by atoms with E-state index in [-0.39, 0.29) is 6.61 Å². The lowest BCUT2D eigenvalue weighted by Crippen LogP contribution is -2.51. The number of aliphatic carboxylic acids is 1. The molecule has 1 fully saturated rings. The largest absolute Gasteiger partial charge is 0.479 e. The number of aliphatic hydroxyl groups excluding tert-OH is 1. The maximum absolute atomic E-state index is 11.9. The third-order valence-electron chi connectivity index (χ3n) is 4.33. The van der Waals surface area contributed by atoms with Crippen LogP contribution in [0, 0.1) is 0 Å². The van der Waals surface area contributed by atoms with E-state index in [1.807, 2.05) is 4.90 Å². The topological polar surface area (TPSA) is 116 Å². The van der Waals surface area contributed by atoms with E-state index in [0.29, 0.717) is 38.3 Å². The first-order valence-electron chi connectivity index (χ1n) is 7.81. The molecule has 24 heavy (non-hydrogen) atoms. The second-order valence-corrected chi connectivity index (χ2v) is 5.69. The summed E-state index contributed by atoms with van der Waals surface area (Å²) in [6, 6.07) is 3.54. The lowest BCUT2D eigenvalue weighted by Gasteiger charge is -2.39. The van der Waals surface area contributed by atoms with Gasteiger partial charge in [-0.05, 0) is 6.07 Å². The maximum Gasteiger partial charge on any atom is 0.331 e. The van der Waals surface area contributed by atoms with Gasteiger partial charge in [0.25, 0.3) is 0 Å². The monoisotopic (exact) mass is 332 g/mol. The van der Waals surface area contributed by atoms with Crippen molar-refractivity contribution in [3.63, 3.8) is 0 Å². The van der Waals surface area contributed by atoms with Gasteiger partial charge in [0.05, 0.1) is 6.61 Å². The molecule has 1 aliphatic rings. The summed E-state index contributed by atoms with van der Waals surface area (Å²) in [5.74, 6) is 0.514. The molecule has 1 saturated heterocycles. The molecule has 0 radical (unpaired) electrons. The minimum atomic E-state index is -1.01. The van der Waals surface area contributed by atoms with E-state index in [1.54, 1.807) is 29.2 Å². The van der Waals surface area contributed by atoms with Crippen molar-refractivity contribution in [2.45, 2.75) is 18.4 Å². The Bertz CT molecular complexity index is 682. The molecule has 0 aromatic carbocycles. The molecule has 0 amide bonds. The van der Waals surface area contributed by atoms with Crippen LogP contribution in [0.4, 0.5) is 11.6 Å². The number of nitrogens with zero attached hydrogens (tertiary/aromatic N) is 5. The van der Waals surface area contributed by atoms with Crippen LogP contribution in [0.2, 0.25) is 0 Å². The molecule has 9 heteroatoms. The van der Waals surface area contributed by atoms with Crippen LogP contribution in [-0.4, -0.2) is 62.2 Å². The Morgan fingerprint density at radius 2 is 2.12 bits per heavy atom. The summed E-state index contributed by atoms with van der Waals surface area (Å²) >= 11 is 0. The molecule has 3 heterocycles. The van der Waals surface area contributed by atoms with Crippen LogP contribution in [-0.2, 0) is 10.3 Å². The van der Waals surface area contributed by atoms with Gasteiger partial charge in [-0.2, -0.15) is 5.10 Å². The van der Waals surface area contributed by atoms with Crippen LogP contribution >= 0.6 is 0 Å². The van der Waals surface area contributed by atoms with E-state index in [1.165, 1.54) is 6.33 Å². The summed E-state index contributed by atoms with van der Waals surface area (Å²) in [5.41, 5.74) is -1.01. The van der Waals surface area contributed by atoms with E-state index >= 15 is 0 Å². The lowest BCUT2D eigenvalue weighted by atomic mass is 9.87. The van der Waals surface area contributed by atoms with Crippen molar-refractivity contribution in [3.8, 4) is 0 Å². The number of aromatic nitrogens is 4. The van der Waals surface area contributed by atoms with Crippen LogP contribution in [0.25, 0.3) is 0 Å². The Morgan fingerprint density at radius 1 is 1.33 bits per heavy atom. The summed E-state index contributed by atoms with van der Waals surface area (Å²) in [4.78, 5) is 22.3. The summed E-state index contributed by atoms with van der Waals surface area (Å²) < 4.78 is 1.54. The van der Waals surface area contributed by atoms with Gasteiger partial charge in [-0.25, -0.2) is 14.8 Å². The number of carboxylic acid groups (broad SMARTS) is 1. The van der Waals surface area contributed by atoms with Crippen molar-refractivity contribution in [2.24, 2.45) is 0 Å². The predicted octanol–water partition coefficient (Wildman–Crippen LogP) is 0.158. The average molecular weight is 332 g/mol. The Labute approximate surface area is 139 Å². The van der Waals surface area contributed by atoms with Gasteiger partial charge < -0.3 is 20.4 Å². The highest BCUT2D eigenvalue weighted by atomic mass is 16.4. The van der Waals surface area contributed by atoms with Crippen molar-refractivity contribution in [1.29, 1.82) is 0 Å². The molecule has 0 bridgehead atoms. The van der Waals surface area contributed by atoms with Gasteiger partial charge in [0.15, 0.2) is 5.54 Å². The first-order chi connectivity index (χ1) is 11.7. The number of carboxylic acids is 1. The Balaban J connectivity index is 1.73. The first kappa shape index (κ1) is 16.2. The van der Waals surface area contributed by atoms with Gasteiger partial charge in [-0.15, -0.1) is 0 Å². The Morgan fingerprint density at radius 3 is 2.75 bits per heavy atom. The quantitative estimate of drug-likeness (QED) is 0.685. The summed E-state index contributed by atoms with van der Waals surface area (Å²) in [6.07, 6.45) is 5.63. The van der Waals surface area contributed by atoms with E-state index in [4.69, 9.17) is 5.11 Å². The minimum Gasteiger partial charge on any atom is -0.479 e.